The molecule has 1 aliphatic carbocycles. The highest BCUT2D eigenvalue weighted by molar-refractivity contribution is 6.21. The smallest absolute Gasteiger partial charge is 0.136 e. The average Bonchev–Trinajstić information content (AvgIpc) is 3.72. The van der Waals surface area contributed by atoms with E-state index in [1.54, 1.807) is 0 Å². The van der Waals surface area contributed by atoms with E-state index >= 15 is 0 Å². The Morgan fingerprint density at radius 2 is 1.00 bits per heavy atom. The topological polar surface area (TPSA) is 26.3 Å². The molecular formula is C48H30O2. The third kappa shape index (κ3) is 4.09. The Morgan fingerprint density at radius 3 is 1.74 bits per heavy atom. The Balaban J connectivity index is 1.07. The zero-order valence-electron chi connectivity index (χ0n) is 27.2. The van der Waals surface area contributed by atoms with Gasteiger partial charge in [-0.1, -0.05) is 127 Å². The Labute approximate surface area is 287 Å². The number of furan rings is 2. The molecule has 2 heterocycles. The third-order valence-electron chi connectivity index (χ3n) is 10.7. The molecule has 0 amide bonds. The number of fused-ring (bicyclic) bond motifs is 9. The van der Waals surface area contributed by atoms with Gasteiger partial charge in [-0.15, -0.1) is 0 Å². The van der Waals surface area contributed by atoms with Crippen molar-refractivity contribution in [2.75, 3.05) is 0 Å². The summed E-state index contributed by atoms with van der Waals surface area (Å²) in [7, 11) is 0. The van der Waals surface area contributed by atoms with Gasteiger partial charge >= 0.3 is 0 Å². The zero-order valence-corrected chi connectivity index (χ0v) is 27.2. The Kier molecular flexibility index (Phi) is 5.82. The number of hydrogen-bond donors (Lipinski definition) is 0. The predicted octanol–water partition coefficient (Wildman–Crippen LogP) is 11.9. The molecule has 1 unspecified atom stereocenters. The van der Waals surface area contributed by atoms with Crippen LogP contribution in [0.15, 0.2) is 160 Å². The van der Waals surface area contributed by atoms with Crippen molar-refractivity contribution in [1.29, 1.82) is 0 Å². The monoisotopic (exact) mass is 638 g/mol. The van der Waals surface area contributed by atoms with Crippen molar-refractivity contribution in [2.24, 2.45) is 0 Å². The van der Waals surface area contributed by atoms with Crippen LogP contribution in [0.2, 0.25) is 0 Å². The molecule has 1 atom stereocenters. The standard InChI is InChI=1S/C48H30O2/c1-2-11-29(12-3-1)47-36-16-4-6-18-38(36)48(39-19-7-5-17-37(39)47)32-14-10-13-30(23-32)31-21-22-44-41(24-31)42-26-33-25-40-35-15-8-9-20-43(35)49-45(40)27-34(33)28-46(42)50-44/h1-20,22-28,31H,21H2. The van der Waals surface area contributed by atoms with Gasteiger partial charge in [0.25, 0.3) is 0 Å². The molecule has 11 rings (SSSR count). The predicted molar refractivity (Wildman–Crippen MR) is 209 cm³/mol. The maximum atomic E-state index is 6.47. The molecule has 0 aliphatic heterocycles. The summed E-state index contributed by atoms with van der Waals surface area (Å²) in [4.78, 5) is 0. The highest BCUT2D eigenvalue weighted by Crippen LogP contribution is 2.44. The molecule has 2 heteroatoms. The van der Waals surface area contributed by atoms with Gasteiger partial charge in [-0.05, 0) is 103 Å². The Morgan fingerprint density at radius 1 is 0.420 bits per heavy atom. The molecule has 1 aliphatic rings. The van der Waals surface area contributed by atoms with Crippen LogP contribution in [0.4, 0.5) is 0 Å². The molecular weight excluding hydrogens is 609 g/mol. The van der Waals surface area contributed by atoms with Gasteiger partial charge in [0.05, 0.1) is 0 Å². The van der Waals surface area contributed by atoms with Crippen LogP contribution in [-0.2, 0) is 0 Å². The van der Waals surface area contributed by atoms with E-state index in [1.165, 1.54) is 60.0 Å². The van der Waals surface area contributed by atoms with Gasteiger partial charge < -0.3 is 8.83 Å². The lowest BCUT2D eigenvalue weighted by Gasteiger charge is -2.19. The molecule has 50 heavy (non-hydrogen) atoms. The van der Waals surface area contributed by atoms with E-state index in [-0.39, 0.29) is 5.92 Å². The number of rotatable bonds is 3. The zero-order chi connectivity index (χ0) is 32.8. The van der Waals surface area contributed by atoms with Crippen molar-refractivity contribution in [3.63, 3.8) is 0 Å². The normalized spacial score (nSPS) is 14.4. The highest BCUT2D eigenvalue weighted by atomic mass is 16.3. The van der Waals surface area contributed by atoms with Crippen molar-refractivity contribution in [2.45, 2.75) is 12.3 Å². The van der Waals surface area contributed by atoms with Crippen LogP contribution in [0.1, 0.15) is 17.9 Å². The summed E-state index contributed by atoms with van der Waals surface area (Å²) in [5.74, 6) is 0.236. The van der Waals surface area contributed by atoms with E-state index in [0.717, 1.165) is 50.1 Å². The molecule has 234 valence electrons. The van der Waals surface area contributed by atoms with Crippen LogP contribution in [0.5, 0.6) is 0 Å². The van der Waals surface area contributed by atoms with E-state index in [4.69, 9.17) is 8.83 Å². The fourth-order valence-corrected chi connectivity index (χ4v) is 8.44. The summed E-state index contributed by atoms with van der Waals surface area (Å²) in [6.07, 6.45) is 5.59. The van der Waals surface area contributed by atoms with Gasteiger partial charge in [-0.25, -0.2) is 0 Å². The summed E-state index contributed by atoms with van der Waals surface area (Å²) in [5, 5.41) is 12.0. The van der Waals surface area contributed by atoms with E-state index < -0.39 is 0 Å². The number of para-hydroxylation sites is 1. The first-order valence-corrected chi connectivity index (χ1v) is 17.4. The highest BCUT2D eigenvalue weighted by Gasteiger charge is 2.19. The molecule has 2 nitrogen and oxygen atoms in total. The summed E-state index contributed by atoms with van der Waals surface area (Å²) in [5.41, 5.74) is 10.1. The first kappa shape index (κ1) is 27.6. The van der Waals surface area contributed by atoms with Gasteiger partial charge in [-0.2, -0.15) is 0 Å². The maximum absolute atomic E-state index is 6.47. The molecule has 0 spiro atoms. The fourth-order valence-electron chi connectivity index (χ4n) is 8.44. The second-order valence-electron chi connectivity index (χ2n) is 13.6. The van der Waals surface area contributed by atoms with Crippen molar-refractivity contribution in [1.82, 2.24) is 0 Å². The van der Waals surface area contributed by atoms with E-state index in [2.05, 4.69) is 152 Å². The van der Waals surface area contributed by atoms with Crippen molar-refractivity contribution >= 4 is 77.4 Å². The molecule has 0 fully saturated rings. The SMILES string of the molecule is C1=c2oc3cc4cc5oc6ccccc6c5cc4cc3c2=CC(c2cccc(-c3c4ccccc4c(-c4ccccc4)c4ccccc34)c2)C1. The molecule has 2 aromatic heterocycles. The third-order valence-corrected chi connectivity index (χ3v) is 10.7. The second kappa shape index (κ2) is 10.6. The number of benzene rings is 8. The quantitative estimate of drug-likeness (QED) is 0.180. The van der Waals surface area contributed by atoms with Gasteiger partial charge in [0, 0.05) is 27.3 Å². The molecule has 0 bridgehead atoms. The second-order valence-corrected chi connectivity index (χ2v) is 13.6. The van der Waals surface area contributed by atoms with Crippen LogP contribution >= 0.6 is 0 Å². The Bertz CT molecular complexity index is 3070. The molecule has 0 saturated heterocycles. The first-order valence-electron chi connectivity index (χ1n) is 17.4. The lowest BCUT2D eigenvalue weighted by atomic mass is 9.84. The summed E-state index contributed by atoms with van der Waals surface area (Å²) in [6, 6.07) is 54.9. The minimum Gasteiger partial charge on any atom is -0.456 e. The summed E-state index contributed by atoms with van der Waals surface area (Å²) in [6.45, 7) is 0. The first-order chi connectivity index (χ1) is 24.8. The largest absolute Gasteiger partial charge is 0.456 e. The minimum absolute atomic E-state index is 0.236. The van der Waals surface area contributed by atoms with Crippen molar-refractivity contribution in [3.8, 4) is 22.3 Å². The Hall–Kier alpha value is -6.38. The minimum atomic E-state index is 0.236. The molecule has 0 N–H and O–H groups in total. The lowest BCUT2D eigenvalue weighted by molar-refractivity contribution is 0.570. The molecule has 8 aromatic carbocycles. The average molecular weight is 639 g/mol. The van der Waals surface area contributed by atoms with Crippen molar-refractivity contribution < 1.29 is 8.83 Å². The van der Waals surface area contributed by atoms with Gasteiger partial charge in [0.15, 0.2) is 0 Å². The van der Waals surface area contributed by atoms with Crippen LogP contribution < -0.4 is 10.6 Å². The van der Waals surface area contributed by atoms with Crippen LogP contribution in [-0.4, -0.2) is 0 Å². The summed E-state index contributed by atoms with van der Waals surface area (Å²) >= 11 is 0. The maximum Gasteiger partial charge on any atom is 0.136 e. The van der Waals surface area contributed by atoms with Crippen molar-refractivity contribution in [3.05, 3.63) is 168 Å². The van der Waals surface area contributed by atoms with Crippen LogP contribution in [0.3, 0.4) is 0 Å². The van der Waals surface area contributed by atoms with Gasteiger partial charge in [-0.3, -0.25) is 0 Å². The molecule has 0 radical (unpaired) electrons. The fraction of sp³-hybridized carbons (Fsp3) is 0.0417. The number of hydrogen-bond acceptors (Lipinski definition) is 2. The van der Waals surface area contributed by atoms with Crippen LogP contribution in [0, 0.1) is 0 Å². The van der Waals surface area contributed by atoms with E-state index in [1.807, 2.05) is 12.1 Å². The lowest BCUT2D eigenvalue weighted by Crippen LogP contribution is -2.24. The molecule has 10 aromatic rings. The van der Waals surface area contributed by atoms with Gasteiger partial charge in [0.2, 0.25) is 0 Å². The van der Waals surface area contributed by atoms with E-state index in [0.29, 0.717) is 0 Å². The summed E-state index contributed by atoms with van der Waals surface area (Å²) < 4.78 is 12.7. The van der Waals surface area contributed by atoms with Crippen LogP contribution in [0.25, 0.3) is 99.6 Å². The van der Waals surface area contributed by atoms with Gasteiger partial charge in [0.1, 0.15) is 22.2 Å². The van der Waals surface area contributed by atoms with E-state index in [9.17, 15) is 0 Å². The molecule has 0 saturated carbocycles.